The van der Waals surface area contributed by atoms with E-state index in [0.29, 0.717) is 24.3 Å². The van der Waals surface area contributed by atoms with Crippen LogP contribution < -0.4 is 14.5 Å². The Morgan fingerprint density at radius 3 is 2.55 bits per heavy atom. The fourth-order valence-corrected chi connectivity index (χ4v) is 3.88. The van der Waals surface area contributed by atoms with Crippen molar-refractivity contribution >= 4 is 23.1 Å². The molecule has 0 aromatic heterocycles. The molecular formula is C23H30ClN2O3+. The predicted molar refractivity (Wildman–Crippen MR) is 117 cm³/mol. The first kappa shape index (κ1) is 21.6. The molecule has 2 N–H and O–H groups in total. The van der Waals surface area contributed by atoms with Crippen LogP contribution in [0.5, 0.6) is 5.75 Å². The van der Waals surface area contributed by atoms with E-state index in [1.54, 1.807) is 24.3 Å². The van der Waals surface area contributed by atoms with Crippen molar-refractivity contribution in [3.63, 3.8) is 0 Å². The summed E-state index contributed by atoms with van der Waals surface area (Å²) in [6.45, 7) is 8.69. The fraction of sp³-hybridized carbons (Fsp3) is 0.435. The van der Waals surface area contributed by atoms with Crippen LogP contribution in [0.2, 0.25) is 5.02 Å². The smallest absolute Gasteiger partial charge is 0.162 e. The first-order valence-corrected chi connectivity index (χ1v) is 10.6. The fourth-order valence-electron chi connectivity index (χ4n) is 3.72. The third kappa shape index (κ3) is 5.95. The quantitative estimate of drug-likeness (QED) is 0.647. The molecule has 0 aliphatic carbocycles. The summed E-state index contributed by atoms with van der Waals surface area (Å²) in [6, 6.07) is 13.1. The Hall–Kier alpha value is -2.08. The van der Waals surface area contributed by atoms with Gasteiger partial charge in [-0.1, -0.05) is 24.6 Å². The molecule has 0 saturated carbocycles. The first-order valence-electron chi connectivity index (χ1n) is 10.2. The molecule has 29 heavy (non-hydrogen) atoms. The highest BCUT2D eigenvalue weighted by molar-refractivity contribution is 6.30. The normalized spacial score (nSPS) is 15.9. The molecule has 0 radical (unpaired) electrons. The molecule has 6 heteroatoms. The molecule has 0 amide bonds. The minimum atomic E-state index is -0.526. The van der Waals surface area contributed by atoms with Gasteiger partial charge in [0.05, 0.1) is 26.2 Å². The van der Waals surface area contributed by atoms with Crippen LogP contribution in [-0.4, -0.2) is 56.3 Å². The van der Waals surface area contributed by atoms with Crippen molar-refractivity contribution < 1.29 is 19.5 Å². The molecule has 0 spiro atoms. The highest BCUT2D eigenvalue weighted by Crippen LogP contribution is 2.24. The minimum absolute atomic E-state index is 0.118. The van der Waals surface area contributed by atoms with Gasteiger partial charge in [-0.15, -0.1) is 0 Å². The van der Waals surface area contributed by atoms with Crippen molar-refractivity contribution in [3.05, 3.63) is 58.6 Å². The molecule has 1 aliphatic heterocycles. The van der Waals surface area contributed by atoms with E-state index in [1.165, 1.54) is 16.2 Å². The van der Waals surface area contributed by atoms with Crippen molar-refractivity contribution in [2.75, 3.05) is 44.2 Å². The molecule has 2 aromatic carbocycles. The Morgan fingerprint density at radius 2 is 1.90 bits per heavy atom. The number of quaternary nitrogens is 1. The number of carbonyl (C=O) groups is 1. The molecule has 3 rings (SSSR count). The van der Waals surface area contributed by atoms with Gasteiger partial charge < -0.3 is 19.6 Å². The number of benzene rings is 2. The van der Waals surface area contributed by atoms with Gasteiger partial charge in [0.15, 0.2) is 5.78 Å². The van der Waals surface area contributed by atoms with Gasteiger partial charge >= 0.3 is 0 Å². The molecule has 1 fully saturated rings. The highest BCUT2D eigenvalue weighted by atomic mass is 35.5. The van der Waals surface area contributed by atoms with E-state index in [2.05, 4.69) is 17.9 Å². The molecule has 2 aromatic rings. The lowest BCUT2D eigenvalue weighted by atomic mass is 10.1. The summed E-state index contributed by atoms with van der Waals surface area (Å²) in [4.78, 5) is 15.4. The number of hydrogen-bond acceptors (Lipinski definition) is 4. The SMILES string of the molecule is CCC(=O)c1ccc(OC[C@@H](O)C[NH+]2CCN(c3cc(Cl)ccc3C)CC2)cc1. The second-order valence-corrected chi connectivity index (χ2v) is 8.07. The van der Waals surface area contributed by atoms with Crippen molar-refractivity contribution in [1.29, 1.82) is 0 Å². The Morgan fingerprint density at radius 1 is 1.21 bits per heavy atom. The number of aryl methyl sites for hydroxylation is 1. The van der Waals surface area contributed by atoms with Crippen LogP contribution in [0, 0.1) is 6.92 Å². The summed E-state index contributed by atoms with van der Waals surface area (Å²) in [5, 5.41) is 11.1. The van der Waals surface area contributed by atoms with E-state index in [-0.39, 0.29) is 12.4 Å². The van der Waals surface area contributed by atoms with Gasteiger partial charge in [0.25, 0.3) is 0 Å². The lowest BCUT2D eigenvalue weighted by Gasteiger charge is -2.35. The number of aliphatic hydroxyl groups is 1. The summed E-state index contributed by atoms with van der Waals surface area (Å²) in [5.74, 6) is 0.792. The van der Waals surface area contributed by atoms with Crippen LogP contribution in [0.25, 0.3) is 0 Å². The van der Waals surface area contributed by atoms with Gasteiger partial charge in [-0.3, -0.25) is 4.79 Å². The number of nitrogens with one attached hydrogen (secondary N) is 1. The molecule has 1 heterocycles. The number of aliphatic hydroxyl groups excluding tert-OH is 1. The Balaban J connectivity index is 1.43. The van der Waals surface area contributed by atoms with E-state index in [1.807, 2.05) is 19.1 Å². The molecule has 0 unspecified atom stereocenters. The average molecular weight is 418 g/mol. The summed E-state index contributed by atoms with van der Waals surface area (Å²) >= 11 is 6.15. The number of nitrogens with zero attached hydrogens (tertiary/aromatic N) is 1. The van der Waals surface area contributed by atoms with Crippen LogP contribution >= 0.6 is 11.6 Å². The van der Waals surface area contributed by atoms with Crippen molar-refractivity contribution in [2.45, 2.75) is 26.4 Å². The number of hydrogen-bond donors (Lipinski definition) is 2. The number of anilines is 1. The lowest BCUT2D eigenvalue weighted by Crippen LogP contribution is -3.16. The topological polar surface area (TPSA) is 54.2 Å². The zero-order valence-corrected chi connectivity index (χ0v) is 17.9. The monoisotopic (exact) mass is 417 g/mol. The molecule has 156 valence electrons. The Kier molecular flexibility index (Phi) is 7.53. The largest absolute Gasteiger partial charge is 0.491 e. The molecule has 1 saturated heterocycles. The van der Waals surface area contributed by atoms with E-state index in [0.717, 1.165) is 31.2 Å². The van der Waals surface area contributed by atoms with Crippen LogP contribution in [-0.2, 0) is 0 Å². The number of halogens is 1. The molecule has 1 atom stereocenters. The first-order chi connectivity index (χ1) is 14.0. The highest BCUT2D eigenvalue weighted by Gasteiger charge is 2.23. The summed E-state index contributed by atoms with van der Waals surface area (Å²) in [7, 11) is 0. The Labute approximate surface area is 177 Å². The maximum absolute atomic E-state index is 11.7. The Bertz CT molecular complexity index is 817. The standard InChI is InChI=1S/C23H29ClN2O3/c1-3-23(28)18-5-8-21(9-6-18)29-16-20(27)15-25-10-12-26(13-11-25)22-14-19(24)7-4-17(22)2/h4-9,14,20,27H,3,10-13,15-16H2,1-2H3/p+1/t20-/m0/s1. The van der Waals surface area contributed by atoms with Gasteiger partial charge in [-0.2, -0.15) is 0 Å². The number of Topliss-reactive ketones (excluding diaryl/α,β-unsaturated/α-hetero) is 1. The number of ether oxygens (including phenoxy) is 1. The average Bonchev–Trinajstić information content (AvgIpc) is 2.74. The zero-order chi connectivity index (χ0) is 20.8. The second kappa shape index (κ2) is 10.1. The number of carbonyl (C=O) groups excluding carboxylic acids is 1. The second-order valence-electron chi connectivity index (χ2n) is 7.64. The zero-order valence-electron chi connectivity index (χ0n) is 17.2. The van der Waals surface area contributed by atoms with Crippen molar-refractivity contribution in [3.8, 4) is 5.75 Å². The van der Waals surface area contributed by atoms with Crippen LogP contribution in [0.4, 0.5) is 5.69 Å². The lowest BCUT2D eigenvalue weighted by molar-refractivity contribution is -0.903. The summed E-state index contributed by atoms with van der Waals surface area (Å²) < 4.78 is 5.70. The molecule has 1 aliphatic rings. The molecule has 0 bridgehead atoms. The maximum atomic E-state index is 11.7. The third-order valence-corrected chi connectivity index (χ3v) is 5.68. The van der Waals surface area contributed by atoms with Gasteiger partial charge in [0, 0.05) is 22.7 Å². The number of rotatable bonds is 8. The van der Waals surface area contributed by atoms with Crippen LogP contribution in [0.3, 0.4) is 0 Å². The van der Waals surface area contributed by atoms with Crippen LogP contribution in [0.15, 0.2) is 42.5 Å². The van der Waals surface area contributed by atoms with Gasteiger partial charge in [0.1, 0.15) is 25.0 Å². The molecule has 5 nitrogen and oxygen atoms in total. The maximum Gasteiger partial charge on any atom is 0.162 e. The van der Waals surface area contributed by atoms with Crippen LogP contribution in [0.1, 0.15) is 29.3 Å². The van der Waals surface area contributed by atoms with Crippen molar-refractivity contribution in [2.24, 2.45) is 0 Å². The van der Waals surface area contributed by atoms with E-state index >= 15 is 0 Å². The minimum Gasteiger partial charge on any atom is -0.491 e. The van der Waals surface area contributed by atoms with Gasteiger partial charge in [0.2, 0.25) is 0 Å². The van der Waals surface area contributed by atoms with Gasteiger partial charge in [-0.25, -0.2) is 0 Å². The van der Waals surface area contributed by atoms with Gasteiger partial charge in [-0.05, 0) is 48.9 Å². The number of ketones is 1. The predicted octanol–water partition coefficient (Wildman–Crippen LogP) is 2.39. The summed E-state index contributed by atoms with van der Waals surface area (Å²) in [6.07, 6.45) is -0.0346. The van der Waals surface area contributed by atoms with Crippen molar-refractivity contribution in [1.82, 2.24) is 0 Å². The van der Waals surface area contributed by atoms with E-state index in [9.17, 15) is 9.90 Å². The van der Waals surface area contributed by atoms with E-state index < -0.39 is 6.10 Å². The summed E-state index contributed by atoms with van der Waals surface area (Å²) in [5.41, 5.74) is 3.13. The number of piperazine rings is 1. The van der Waals surface area contributed by atoms with E-state index in [4.69, 9.17) is 16.3 Å². The third-order valence-electron chi connectivity index (χ3n) is 5.45. The molecular weight excluding hydrogens is 388 g/mol.